The van der Waals surface area contributed by atoms with Crippen LogP contribution in [0.15, 0.2) is 18.5 Å². The summed E-state index contributed by atoms with van der Waals surface area (Å²) in [5, 5.41) is 0. The van der Waals surface area contributed by atoms with Crippen LogP contribution in [0.3, 0.4) is 0 Å². The van der Waals surface area contributed by atoms with Gasteiger partial charge < -0.3 is 15.4 Å². The highest BCUT2D eigenvalue weighted by molar-refractivity contribution is 5.65. The maximum atomic E-state index is 5.84. The Labute approximate surface area is 96.4 Å². The highest BCUT2D eigenvalue weighted by Gasteiger charge is 2.20. The third-order valence-corrected chi connectivity index (χ3v) is 2.86. The van der Waals surface area contributed by atoms with Crippen molar-refractivity contribution < 1.29 is 4.74 Å². The van der Waals surface area contributed by atoms with Gasteiger partial charge in [-0.1, -0.05) is 0 Å². The molecule has 2 N–H and O–H groups in total. The smallest absolute Gasteiger partial charge is 0.0738 e. The molecule has 16 heavy (non-hydrogen) atoms. The zero-order chi connectivity index (χ0) is 11.4. The molecule has 0 spiro atoms. The van der Waals surface area contributed by atoms with E-state index in [0.29, 0.717) is 5.69 Å². The molecular weight excluding hydrogens is 202 g/mol. The average molecular weight is 221 g/mol. The van der Waals surface area contributed by atoms with Crippen LogP contribution in [-0.2, 0) is 4.74 Å². The van der Waals surface area contributed by atoms with Crippen molar-refractivity contribution in [2.75, 3.05) is 37.4 Å². The fraction of sp³-hybridized carbons (Fsp3) is 0.583. The van der Waals surface area contributed by atoms with Crippen molar-refractivity contribution >= 4 is 11.4 Å². The minimum atomic E-state index is 0.715. The van der Waals surface area contributed by atoms with Gasteiger partial charge >= 0.3 is 0 Å². The minimum Gasteiger partial charge on any atom is -0.396 e. The number of hydrogen-bond donors (Lipinski definition) is 1. The molecule has 0 atom stereocenters. The van der Waals surface area contributed by atoms with Gasteiger partial charge in [0.1, 0.15) is 0 Å². The van der Waals surface area contributed by atoms with Gasteiger partial charge in [-0.25, -0.2) is 0 Å². The molecule has 0 aromatic carbocycles. The summed E-state index contributed by atoms with van der Waals surface area (Å²) < 4.78 is 5.59. The zero-order valence-electron chi connectivity index (χ0n) is 9.72. The quantitative estimate of drug-likeness (QED) is 0.740. The van der Waals surface area contributed by atoms with Crippen LogP contribution >= 0.6 is 0 Å². The molecule has 0 amide bonds. The summed E-state index contributed by atoms with van der Waals surface area (Å²) in [5.41, 5.74) is 7.57. The van der Waals surface area contributed by atoms with E-state index >= 15 is 0 Å². The molecule has 0 radical (unpaired) electrons. The molecule has 88 valence electrons. The lowest BCUT2D eigenvalue weighted by Gasteiger charge is -2.20. The van der Waals surface area contributed by atoms with E-state index in [1.807, 2.05) is 13.1 Å². The highest BCUT2D eigenvalue weighted by atomic mass is 16.5. The topological polar surface area (TPSA) is 51.4 Å². The molecule has 1 aromatic heterocycles. The van der Waals surface area contributed by atoms with Crippen LogP contribution in [0.4, 0.5) is 11.4 Å². The third-order valence-electron chi connectivity index (χ3n) is 2.86. The summed E-state index contributed by atoms with van der Waals surface area (Å²) in [4.78, 5) is 6.07. The molecule has 1 fully saturated rings. The first-order chi connectivity index (χ1) is 7.77. The maximum Gasteiger partial charge on any atom is 0.0738 e. The second-order valence-corrected chi connectivity index (χ2v) is 4.37. The molecule has 1 heterocycles. The van der Waals surface area contributed by atoms with Gasteiger partial charge in [0.15, 0.2) is 0 Å². The van der Waals surface area contributed by atoms with E-state index in [4.69, 9.17) is 10.5 Å². The molecule has 4 heteroatoms. The van der Waals surface area contributed by atoms with Crippen molar-refractivity contribution in [1.82, 2.24) is 4.98 Å². The Morgan fingerprint density at radius 2 is 2.38 bits per heavy atom. The largest absolute Gasteiger partial charge is 0.396 e. The molecule has 0 bridgehead atoms. The second-order valence-electron chi connectivity index (χ2n) is 4.37. The standard InChI is InChI=1S/C12H19N3O/c1-15(6-7-16-9-10-2-3-10)12-4-5-14-8-11(12)13/h4-5,8,10H,2-3,6-7,9,13H2,1H3. The van der Waals surface area contributed by atoms with Crippen molar-refractivity contribution in [3.8, 4) is 0 Å². The number of likely N-dealkylation sites (N-methyl/N-ethyl adjacent to an activating group) is 1. The lowest BCUT2D eigenvalue weighted by molar-refractivity contribution is 0.131. The summed E-state index contributed by atoms with van der Waals surface area (Å²) in [6.07, 6.45) is 6.12. The van der Waals surface area contributed by atoms with Crippen molar-refractivity contribution in [3.63, 3.8) is 0 Å². The molecule has 1 saturated carbocycles. The number of nitrogens with zero attached hydrogens (tertiary/aromatic N) is 2. The first-order valence-electron chi connectivity index (χ1n) is 5.75. The molecule has 0 unspecified atom stereocenters. The Bertz CT molecular complexity index is 339. The van der Waals surface area contributed by atoms with E-state index in [-0.39, 0.29) is 0 Å². The van der Waals surface area contributed by atoms with E-state index in [2.05, 4.69) is 9.88 Å². The molecule has 0 aliphatic heterocycles. The molecule has 0 saturated heterocycles. The van der Waals surface area contributed by atoms with Crippen LogP contribution in [0.2, 0.25) is 0 Å². The molecular formula is C12H19N3O. The molecule has 4 nitrogen and oxygen atoms in total. The molecule has 2 rings (SSSR count). The van der Waals surface area contributed by atoms with Gasteiger partial charge in [0.05, 0.1) is 24.2 Å². The first-order valence-corrected chi connectivity index (χ1v) is 5.75. The Balaban J connectivity index is 1.73. The average Bonchev–Trinajstić information content (AvgIpc) is 3.08. The van der Waals surface area contributed by atoms with E-state index < -0.39 is 0 Å². The van der Waals surface area contributed by atoms with Crippen LogP contribution in [0.5, 0.6) is 0 Å². The summed E-state index contributed by atoms with van der Waals surface area (Å²) in [7, 11) is 2.02. The monoisotopic (exact) mass is 221 g/mol. The Hall–Kier alpha value is -1.29. The number of pyridine rings is 1. The third kappa shape index (κ3) is 3.10. The van der Waals surface area contributed by atoms with Crippen LogP contribution in [0.25, 0.3) is 0 Å². The molecule has 1 aliphatic rings. The number of aromatic nitrogens is 1. The molecule has 1 aromatic rings. The predicted octanol–water partition coefficient (Wildman–Crippen LogP) is 1.53. The van der Waals surface area contributed by atoms with E-state index in [9.17, 15) is 0 Å². The van der Waals surface area contributed by atoms with Gasteiger partial charge in [-0.2, -0.15) is 0 Å². The Morgan fingerprint density at radius 1 is 1.56 bits per heavy atom. The maximum absolute atomic E-state index is 5.84. The second kappa shape index (κ2) is 5.16. The van der Waals surface area contributed by atoms with E-state index in [1.165, 1.54) is 12.8 Å². The fourth-order valence-corrected chi connectivity index (χ4v) is 1.60. The number of nitrogens with two attached hydrogens (primary N) is 1. The van der Waals surface area contributed by atoms with Gasteiger partial charge in [0.25, 0.3) is 0 Å². The Kier molecular flexibility index (Phi) is 3.62. The predicted molar refractivity (Wildman–Crippen MR) is 65.5 cm³/mol. The van der Waals surface area contributed by atoms with Gasteiger partial charge in [-0.05, 0) is 24.8 Å². The van der Waals surface area contributed by atoms with Crippen molar-refractivity contribution in [3.05, 3.63) is 18.5 Å². The van der Waals surface area contributed by atoms with Crippen LogP contribution < -0.4 is 10.6 Å². The number of anilines is 2. The highest BCUT2D eigenvalue weighted by Crippen LogP contribution is 2.28. The minimum absolute atomic E-state index is 0.715. The number of nitrogen functional groups attached to an aromatic ring is 1. The lowest BCUT2D eigenvalue weighted by Crippen LogP contribution is -2.23. The molecule has 1 aliphatic carbocycles. The lowest BCUT2D eigenvalue weighted by atomic mass is 10.3. The van der Waals surface area contributed by atoms with Gasteiger partial charge in [0, 0.05) is 26.4 Å². The number of hydrogen-bond acceptors (Lipinski definition) is 4. The van der Waals surface area contributed by atoms with Gasteiger partial charge in [0.2, 0.25) is 0 Å². The first kappa shape index (κ1) is 11.2. The zero-order valence-corrected chi connectivity index (χ0v) is 9.72. The Morgan fingerprint density at radius 3 is 3.06 bits per heavy atom. The van der Waals surface area contributed by atoms with Gasteiger partial charge in [-0.15, -0.1) is 0 Å². The van der Waals surface area contributed by atoms with E-state index in [0.717, 1.165) is 31.4 Å². The summed E-state index contributed by atoms with van der Waals surface area (Å²) in [5.74, 6) is 0.830. The van der Waals surface area contributed by atoms with Crippen LogP contribution in [0, 0.1) is 5.92 Å². The van der Waals surface area contributed by atoms with Crippen molar-refractivity contribution in [2.45, 2.75) is 12.8 Å². The van der Waals surface area contributed by atoms with Crippen LogP contribution in [0.1, 0.15) is 12.8 Å². The van der Waals surface area contributed by atoms with Crippen molar-refractivity contribution in [2.24, 2.45) is 5.92 Å². The fourth-order valence-electron chi connectivity index (χ4n) is 1.60. The van der Waals surface area contributed by atoms with Crippen LogP contribution in [-0.4, -0.2) is 31.8 Å². The van der Waals surface area contributed by atoms with Gasteiger partial charge in [-0.3, -0.25) is 4.98 Å². The number of ether oxygens (including phenoxy) is 1. The number of rotatable bonds is 6. The normalized spacial score (nSPS) is 15.1. The SMILES string of the molecule is CN(CCOCC1CC1)c1ccncc1N. The summed E-state index contributed by atoms with van der Waals surface area (Å²) in [6, 6.07) is 1.93. The van der Waals surface area contributed by atoms with Crippen molar-refractivity contribution in [1.29, 1.82) is 0 Å². The summed E-state index contributed by atoms with van der Waals surface area (Å²) >= 11 is 0. The van der Waals surface area contributed by atoms with E-state index in [1.54, 1.807) is 12.4 Å². The summed E-state index contributed by atoms with van der Waals surface area (Å²) in [6.45, 7) is 2.54.